The number of hydrogen-bond donors (Lipinski definition) is 3. The predicted molar refractivity (Wildman–Crippen MR) is 99.5 cm³/mol. The third-order valence-electron chi connectivity index (χ3n) is 3.61. The molecule has 154 valence electrons. The molecular formula is C16H24ClF2N3O4S. The van der Waals surface area contributed by atoms with Crippen LogP contribution in [0.1, 0.15) is 27.7 Å². The van der Waals surface area contributed by atoms with E-state index in [1.54, 1.807) is 27.7 Å². The molecule has 27 heavy (non-hydrogen) atoms. The summed E-state index contributed by atoms with van der Waals surface area (Å²) in [5, 5.41) is 5.23. The Labute approximate surface area is 163 Å². The Bertz CT molecular complexity index is 800. The van der Waals surface area contributed by atoms with Crippen molar-refractivity contribution in [1.29, 1.82) is 0 Å². The SMILES string of the molecule is C[C@H]1OCCN[C@@H]1C(=O)Nc1cc(S(=O)(=O)NC(C)(C)C)c(F)cc1F.Cl. The number of sulfonamides is 1. The molecule has 0 spiro atoms. The Morgan fingerprint density at radius 2 is 1.89 bits per heavy atom. The summed E-state index contributed by atoms with van der Waals surface area (Å²) in [6, 6.07) is 0.465. The number of morpholine rings is 1. The Morgan fingerprint density at radius 1 is 1.26 bits per heavy atom. The number of carbonyl (C=O) groups is 1. The molecule has 3 N–H and O–H groups in total. The Morgan fingerprint density at radius 3 is 2.44 bits per heavy atom. The summed E-state index contributed by atoms with van der Waals surface area (Å²) >= 11 is 0. The maximum absolute atomic E-state index is 14.1. The molecule has 2 rings (SSSR count). The van der Waals surface area contributed by atoms with Crippen LogP contribution in [-0.2, 0) is 19.6 Å². The van der Waals surface area contributed by atoms with Crippen LogP contribution in [0.3, 0.4) is 0 Å². The van der Waals surface area contributed by atoms with E-state index in [0.29, 0.717) is 19.2 Å². The average Bonchev–Trinajstić information content (AvgIpc) is 2.47. The van der Waals surface area contributed by atoms with E-state index in [-0.39, 0.29) is 12.4 Å². The van der Waals surface area contributed by atoms with Gasteiger partial charge >= 0.3 is 0 Å². The first kappa shape index (κ1) is 23.7. The van der Waals surface area contributed by atoms with Gasteiger partial charge in [0.25, 0.3) is 0 Å². The molecule has 1 amide bonds. The van der Waals surface area contributed by atoms with E-state index in [9.17, 15) is 22.0 Å². The summed E-state index contributed by atoms with van der Waals surface area (Å²) in [5.41, 5.74) is -1.28. The second-order valence-electron chi connectivity index (χ2n) is 7.11. The number of benzene rings is 1. The monoisotopic (exact) mass is 427 g/mol. The molecule has 1 heterocycles. The molecular weight excluding hydrogens is 404 g/mol. The van der Waals surface area contributed by atoms with Crippen LogP contribution in [0.2, 0.25) is 0 Å². The molecule has 11 heteroatoms. The molecule has 2 atom stereocenters. The van der Waals surface area contributed by atoms with Crippen molar-refractivity contribution < 1.29 is 26.7 Å². The van der Waals surface area contributed by atoms with Crippen LogP contribution in [0.25, 0.3) is 0 Å². The molecule has 1 saturated heterocycles. The number of ether oxygens (including phenoxy) is 1. The maximum Gasteiger partial charge on any atom is 0.244 e. The topological polar surface area (TPSA) is 96.5 Å². The van der Waals surface area contributed by atoms with Crippen molar-refractivity contribution in [1.82, 2.24) is 10.0 Å². The molecule has 0 unspecified atom stereocenters. The van der Waals surface area contributed by atoms with Gasteiger partial charge in [-0.15, -0.1) is 12.4 Å². The molecule has 0 saturated carbocycles. The van der Waals surface area contributed by atoms with E-state index in [1.165, 1.54) is 0 Å². The van der Waals surface area contributed by atoms with E-state index < -0.39 is 55.8 Å². The Kier molecular flexibility index (Phi) is 7.71. The van der Waals surface area contributed by atoms with Gasteiger partial charge in [0.2, 0.25) is 15.9 Å². The minimum absolute atomic E-state index is 0. The largest absolute Gasteiger partial charge is 0.375 e. The van der Waals surface area contributed by atoms with Crippen LogP contribution < -0.4 is 15.4 Å². The molecule has 1 fully saturated rings. The fourth-order valence-corrected chi connectivity index (χ4v) is 4.03. The summed E-state index contributed by atoms with van der Waals surface area (Å²) in [6.07, 6.45) is -0.446. The lowest BCUT2D eigenvalue weighted by Crippen LogP contribution is -2.53. The second-order valence-corrected chi connectivity index (χ2v) is 8.77. The average molecular weight is 428 g/mol. The lowest BCUT2D eigenvalue weighted by molar-refractivity contribution is -0.123. The molecule has 1 aromatic rings. The van der Waals surface area contributed by atoms with Crippen LogP contribution in [0.15, 0.2) is 17.0 Å². The van der Waals surface area contributed by atoms with Gasteiger partial charge in [-0.2, -0.15) is 0 Å². The van der Waals surface area contributed by atoms with E-state index in [0.717, 1.165) is 6.07 Å². The van der Waals surface area contributed by atoms with Crippen molar-refractivity contribution >= 4 is 34.0 Å². The zero-order chi connectivity index (χ0) is 19.7. The van der Waals surface area contributed by atoms with Gasteiger partial charge in [-0.25, -0.2) is 21.9 Å². The summed E-state index contributed by atoms with van der Waals surface area (Å²) in [7, 11) is -4.24. The zero-order valence-corrected chi connectivity index (χ0v) is 17.1. The highest BCUT2D eigenvalue weighted by molar-refractivity contribution is 7.89. The van der Waals surface area contributed by atoms with Gasteiger partial charge in [0.05, 0.1) is 18.4 Å². The lowest BCUT2D eigenvalue weighted by Gasteiger charge is -2.29. The first-order chi connectivity index (χ1) is 11.9. The van der Waals surface area contributed by atoms with Gasteiger partial charge in [-0.3, -0.25) is 4.79 Å². The minimum Gasteiger partial charge on any atom is -0.375 e. The lowest BCUT2D eigenvalue weighted by atomic mass is 10.1. The van der Waals surface area contributed by atoms with E-state index >= 15 is 0 Å². The summed E-state index contributed by atoms with van der Waals surface area (Å²) < 4.78 is 60.5. The van der Waals surface area contributed by atoms with Crippen molar-refractivity contribution in [3.63, 3.8) is 0 Å². The quantitative estimate of drug-likeness (QED) is 0.680. The van der Waals surface area contributed by atoms with Gasteiger partial charge in [-0.05, 0) is 33.8 Å². The number of halogens is 3. The highest BCUT2D eigenvalue weighted by Gasteiger charge is 2.30. The van der Waals surface area contributed by atoms with Crippen molar-refractivity contribution in [3.05, 3.63) is 23.8 Å². The molecule has 1 aliphatic heterocycles. The molecule has 1 aliphatic rings. The van der Waals surface area contributed by atoms with Gasteiger partial charge in [-0.1, -0.05) is 0 Å². The molecule has 0 aromatic heterocycles. The van der Waals surface area contributed by atoms with Crippen LogP contribution in [0, 0.1) is 11.6 Å². The molecule has 0 aliphatic carbocycles. The Balaban J connectivity index is 0.00000364. The highest BCUT2D eigenvalue weighted by Crippen LogP contribution is 2.24. The molecule has 7 nitrogen and oxygen atoms in total. The standard InChI is InChI=1S/C16H23F2N3O4S.ClH/c1-9-14(19-5-6-25-9)15(22)20-12-8-13(11(18)7-10(12)17)26(23,24)21-16(2,3)4;/h7-9,14,19,21H,5-6H2,1-4H3,(H,20,22);1H/t9-,14+;/m1./s1. The second kappa shape index (κ2) is 8.78. The number of nitrogens with one attached hydrogen (secondary N) is 3. The normalized spacial score (nSPS) is 20.7. The smallest absolute Gasteiger partial charge is 0.244 e. The first-order valence-electron chi connectivity index (χ1n) is 8.09. The summed E-state index contributed by atoms with van der Waals surface area (Å²) in [4.78, 5) is 11.6. The molecule has 0 bridgehead atoms. The van der Waals surface area contributed by atoms with Crippen molar-refractivity contribution in [2.75, 3.05) is 18.5 Å². The van der Waals surface area contributed by atoms with Crippen LogP contribution in [0.5, 0.6) is 0 Å². The van der Waals surface area contributed by atoms with Crippen molar-refractivity contribution in [2.45, 2.75) is 50.3 Å². The van der Waals surface area contributed by atoms with E-state index in [2.05, 4.69) is 15.4 Å². The van der Waals surface area contributed by atoms with E-state index in [4.69, 9.17) is 4.74 Å². The number of rotatable bonds is 4. The zero-order valence-electron chi connectivity index (χ0n) is 15.4. The Hall–Kier alpha value is -1.33. The van der Waals surface area contributed by atoms with Crippen molar-refractivity contribution in [2.24, 2.45) is 0 Å². The minimum atomic E-state index is -4.24. The number of amides is 1. The molecule has 1 aromatic carbocycles. The molecule has 0 radical (unpaired) electrons. The fourth-order valence-electron chi connectivity index (χ4n) is 2.53. The number of anilines is 1. The van der Waals surface area contributed by atoms with Gasteiger partial charge in [0.1, 0.15) is 22.6 Å². The third kappa shape index (κ3) is 6.08. The maximum atomic E-state index is 14.1. The highest BCUT2D eigenvalue weighted by atomic mass is 35.5. The summed E-state index contributed by atoms with van der Waals surface area (Å²) in [5.74, 6) is -2.92. The van der Waals surface area contributed by atoms with Crippen LogP contribution >= 0.6 is 12.4 Å². The van der Waals surface area contributed by atoms with Gasteiger partial charge in [0, 0.05) is 18.2 Å². The predicted octanol–water partition coefficient (Wildman–Crippen LogP) is 1.78. The van der Waals surface area contributed by atoms with Crippen LogP contribution in [-0.4, -0.2) is 45.2 Å². The third-order valence-corrected chi connectivity index (χ3v) is 5.38. The van der Waals surface area contributed by atoms with Gasteiger partial charge < -0.3 is 15.4 Å². The van der Waals surface area contributed by atoms with Crippen molar-refractivity contribution in [3.8, 4) is 0 Å². The first-order valence-corrected chi connectivity index (χ1v) is 9.58. The summed E-state index contributed by atoms with van der Waals surface area (Å²) in [6.45, 7) is 7.33. The fraction of sp³-hybridized carbons (Fsp3) is 0.562. The van der Waals surface area contributed by atoms with Gasteiger partial charge in [0.15, 0.2) is 0 Å². The van der Waals surface area contributed by atoms with E-state index in [1.807, 2.05) is 0 Å². The van der Waals surface area contributed by atoms with Crippen LogP contribution in [0.4, 0.5) is 14.5 Å². The number of carbonyl (C=O) groups excluding carboxylic acids is 1. The number of hydrogen-bond acceptors (Lipinski definition) is 5.